The number of nitrogens with zero attached hydrogens (tertiary/aromatic N) is 3. The van der Waals surface area contributed by atoms with Gasteiger partial charge in [0.25, 0.3) is 0 Å². The predicted molar refractivity (Wildman–Crippen MR) is 96.2 cm³/mol. The summed E-state index contributed by atoms with van der Waals surface area (Å²) in [4.78, 5) is 8.74. The number of hydrogen-bond acceptors (Lipinski definition) is 3. The molecule has 114 valence electrons. The van der Waals surface area contributed by atoms with Crippen molar-refractivity contribution >= 4 is 29.1 Å². The molecule has 0 unspecified atom stereocenters. The summed E-state index contributed by atoms with van der Waals surface area (Å²) < 4.78 is 0. The molecule has 2 aromatic carbocycles. The molecule has 0 radical (unpaired) electrons. The molecule has 0 aliphatic carbocycles. The monoisotopic (exact) mass is 347 g/mol. The van der Waals surface area contributed by atoms with Crippen LogP contribution in [0.3, 0.4) is 0 Å². The van der Waals surface area contributed by atoms with Gasteiger partial charge in [-0.3, -0.25) is 0 Å². The van der Waals surface area contributed by atoms with E-state index in [0.717, 1.165) is 10.5 Å². The van der Waals surface area contributed by atoms with Crippen molar-refractivity contribution in [2.75, 3.05) is 0 Å². The minimum atomic E-state index is 0.112. The summed E-state index contributed by atoms with van der Waals surface area (Å²) in [6.45, 7) is 7.42. The Kier molecular flexibility index (Phi) is 4.82. The molecule has 5 heteroatoms. The average molecular weight is 348 g/mol. The molecule has 0 bridgehead atoms. The maximum atomic E-state index is 9.70. The van der Waals surface area contributed by atoms with Crippen LogP contribution >= 0.6 is 23.4 Å². The van der Waals surface area contributed by atoms with E-state index in [9.17, 15) is 5.26 Å². The minimum absolute atomic E-state index is 0.112. The normalized spacial score (nSPS) is 9.96. The van der Waals surface area contributed by atoms with Gasteiger partial charge in [0.1, 0.15) is 16.2 Å². The molecular formula is C19H10ClN3S. The van der Waals surface area contributed by atoms with E-state index >= 15 is 0 Å². The highest BCUT2D eigenvalue weighted by atomic mass is 35.5. The van der Waals surface area contributed by atoms with E-state index in [-0.39, 0.29) is 10.8 Å². The quantitative estimate of drug-likeness (QED) is 0.432. The maximum Gasteiger partial charge on any atom is 0.232 e. The smallest absolute Gasteiger partial charge is 0.232 e. The van der Waals surface area contributed by atoms with Gasteiger partial charge in [-0.15, -0.1) is 0 Å². The van der Waals surface area contributed by atoms with E-state index in [2.05, 4.69) is 15.9 Å². The predicted octanol–water partition coefficient (Wildman–Crippen LogP) is 5.98. The van der Waals surface area contributed by atoms with Gasteiger partial charge in [0.15, 0.2) is 0 Å². The summed E-state index contributed by atoms with van der Waals surface area (Å²) in [6, 6.07) is 21.2. The second kappa shape index (κ2) is 7.19. The summed E-state index contributed by atoms with van der Waals surface area (Å²) in [5.74, 6) is 0. The van der Waals surface area contributed by atoms with Gasteiger partial charge < -0.3 is 0 Å². The third-order valence-electron chi connectivity index (χ3n) is 3.34. The average Bonchev–Trinajstić information content (AvgIpc) is 2.63. The second-order valence-corrected chi connectivity index (χ2v) is 6.23. The molecule has 0 N–H and O–H groups in total. The van der Waals surface area contributed by atoms with Crippen LogP contribution in [0.5, 0.6) is 0 Å². The fourth-order valence-corrected chi connectivity index (χ4v) is 3.47. The van der Waals surface area contributed by atoms with E-state index < -0.39 is 0 Å². The SMILES string of the molecule is [C-]#[N+]c1c(Cl)nc(Sc2ccccc2)c(C#N)c1-c1ccccc1. The second-order valence-electron chi connectivity index (χ2n) is 4.81. The number of pyridine rings is 1. The lowest BCUT2D eigenvalue weighted by atomic mass is 10.0. The zero-order valence-corrected chi connectivity index (χ0v) is 14.0. The molecule has 1 aromatic heterocycles. The van der Waals surface area contributed by atoms with E-state index in [1.165, 1.54) is 11.8 Å². The van der Waals surface area contributed by atoms with Crippen molar-refractivity contribution in [1.29, 1.82) is 5.26 Å². The van der Waals surface area contributed by atoms with E-state index in [1.807, 2.05) is 60.7 Å². The summed E-state index contributed by atoms with van der Waals surface area (Å²) >= 11 is 7.59. The standard InChI is InChI=1S/C19H10ClN3S/c1-22-17-16(13-8-4-2-5-9-13)15(12-21)19(23-18(17)20)24-14-10-6-3-7-11-14/h2-11H. The number of nitriles is 1. The molecule has 24 heavy (non-hydrogen) atoms. The Labute approximate surface area is 149 Å². The Hall–Kier alpha value is -2.79. The molecule has 0 saturated carbocycles. The first-order chi connectivity index (χ1) is 11.7. The number of benzene rings is 2. The zero-order valence-electron chi connectivity index (χ0n) is 12.4. The van der Waals surface area contributed by atoms with Gasteiger partial charge in [-0.1, -0.05) is 71.9 Å². The van der Waals surface area contributed by atoms with Crippen LogP contribution in [-0.4, -0.2) is 4.98 Å². The number of hydrogen-bond donors (Lipinski definition) is 0. The van der Waals surface area contributed by atoms with Crippen LogP contribution < -0.4 is 0 Å². The topological polar surface area (TPSA) is 41.0 Å². The van der Waals surface area contributed by atoms with E-state index in [1.54, 1.807) is 0 Å². The van der Waals surface area contributed by atoms with Crippen LogP contribution in [0.25, 0.3) is 16.0 Å². The van der Waals surface area contributed by atoms with Gasteiger partial charge in [-0.05, 0) is 17.7 Å². The van der Waals surface area contributed by atoms with Gasteiger partial charge in [0.05, 0.1) is 12.1 Å². The van der Waals surface area contributed by atoms with Crippen molar-refractivity contribution in [3.63, 3.8) is 0 Å². The van der Waals surface area contributed by atoms with Crippen molar-refractivity contribution in [2.45, 2.75) is 9.92 Å². The molecule has 3 rings (SSSR count). The van der Waals surface area contributed by atoms with E-state index in [0.29, 0.717) is 16.2 Å². The lowest BCUT2D eigenvalue weighted by Gasteiger charge is -2.12. The summed E-state index contributed by atoms with van der Waals surface area (Å²) in [7, 11) is 0. The van der Waals surface area contributed by atoms with Gasteiger partial charge >= 0.3 is 0 Å². The molecule has 0 saturated heterocycles. The van der Waals surface area contributed by atoms with Crippen molar-refractivity contribution in [2.24, 2.45) is 0 Å². The fraction of sp³-hybridized carbons (Fsp3) is 0. The number of rotatable bonds is 3. The summed E-state index contributed by atoms with van der Waals surface area (Å²) in [5.41, 5.74) is 1.88. The van der Waals surface area contributed by atoms with Gasteiger partial charge in [-0.25, -0.2) is 9.83 Å². The first kappa shape index (κ1) is 16.1. The summed E-state index contributed by atoms with van der Waals surface area (Å²) in [5, 5.41) is 10.3. The molecule has 1 heterocycles. The molecule has 0 fully saturated rings. The Morgan fingerprint density at radius 3 is 2.25 bits per heavy atom. The van der Waals surface area contributed by atoms with Gasteiger partial charge in [0.2, 0.25) is 5.69 Å². The molecule has 0 spiro atoms. The van der Waals surface area contributed by atoms with Crippen LogP contribution in [0.1, 0.15) is 5.56 Å². The Morgan fingerprint density at radius 2 is 1.67 bits per heavy atom. The Balaban J connectivity index is 2.24. The molecule has 0 aliphatic heterocycles. The third kappa shape index (κ3) is 3.12. The number of aromatic nitrogens is 1. The molecule has 0 amide bonds. The Morgan fingerprint density at radius 1 is 1.04 bits per heavy atom. The zero-order chi connectivity index (χ0) is 16.9. The first-order valence-corrected chi connectivity index (χ1v) is 8.23. The summed E-state index contributed by atoms with van der Waals surface area (Å²) in [6.07, 6.45) is 0. The fourth-order valence-electron chi connectivity index (χ4n) is 2.29. The molecule has 3 aromatic rings. The molecule has 0 aliphatic rings. The van der Waals surface area contributed by atoms with Crippen LogP contribution in [0.15, 0.2) is 70.6 Å². The van der Waals surface area contributed by atoms with Crippen LogP contribution in [0.4, 0.5) is 5.69 Å². The van der Waals surface area contributed by atoms with Crippen molar-refractivity contribution in [3.8, 4) is 17.2 Å². The van der Waals surface area contributed by atoms with E-state index in [4.69, 9.17) is 18.2 Å². The Bertz CT molecular complexity index is 958. The first-order valence-electron chi connectivity index (χ1n) is 7.04. The molecule has 3 nitrogen and oxygen atoms in total. The van der Waals surface area contributed by atoms with Crippen molar-refractivity contribution in [3.05, 3.63) is 82.8 Å². The molecule has 0 atom stereocenters. The lowest BCUT2D eigenvalue weighted by molar-refractivity contribution is 1.12. The largest absolute Gasteiger partial charge is 0.240 e. The highest BCUT2D eigenvalue weighted by Crippen LogP contribution is 2.43. The van der Waals surface area contributed by atoms with Crippen LogP contribution in [-0.2, 0) is 0 Å². The van der Waals surface area contributed by atoms with Crippen LogP contribution in [0, 0.1) is 17.9 Å². The van der Waals surface area contributed by atoms with Gasteiger partial charge in [-0.2, -0.15) is 5.26 Å². The number of halogens is 1. The lowest BCUT2D eigenvalue weighted by Crippen LogP contribution is -1.94. The third-order valence-corrected chi connectivity index (χ3v) is 4.60. The van der Waals surface area contributed by atoms with Crippen LogP contribution in [0.2, 0.25) is 5.15 Å². The van der Waals surface area contributed by atoms with Gasteiger partial charge in [0, 0.05) is 10.5 Å². The highest BCUT2D eigenvalue weighted by Gasteiger charge is 2.21. The van der Waals surface area contributed by atoms with Crippen molar-refractivity contribution in [1.82, 2.24) is 4.98 Å². The highest BCUT2D eigenvalue weighted by molar-refractivity contribution is 7.99. The minimum Gasteiger partial charge on any atom is -0.240 e. The molecular weight excluding hydrogens is 338 g/mol. The maximum absolute atomic E-state index is 9.70. The van der Waals surface area contributed by atoms with Crippen molar-refractivity contribution < 1.29 is 0 Å².